The van der Waals surface area contributed by atoms with Crippen molar-refractivity contribution in [2.75, 3.05) is 26.2 Å². The summed E-state index contributed by atoms with van der Waals surface area (Å²) in [6, 6.07) is 0.720. The van der Waals surface area contributed by atoms with Crippen LogP contribution in [0.3, 0.4) is 0 Å². The summed E-state index contributed by atoms with van der Waals surface area (Å²) in [7, 11) is 0. The number of morpholine rings is 1. The molecule has 1 aromatic heterocycles. The highest BCUT2D eigenvalue weighted by Crippen LogP contribution is 2.22. The van der Waals surface area contributed by atoms with Gasteiger partial charge in [-0.25, -0.2) is 9.97 Å². The Kier molecular flexibility index (Phi) is 5.88. The van der Waals surface area contributed by atoms with Gasteiger partial charge in [0.05, 0.1) is 18.8 Å². The quantitative estimate of drug-likeness (QED) is 0.857. The molecule has 1 saturated heterocycles. The molecule has 2 heterocycles. The van der Waals surface area contributed by atoms with Crippen LogP contribution in [-0.2, 0) is 4.74 Å². The van der Waals surface area contributed by atoms with Crippen molar-refractivity contribution in [3.05, 3.63) is 24.3 Å². The molecular weight excluding hydrogens is 252 g/mol. The van der Waals surface area contributed by atoms with Crippen molar-refractivity contribution in [2.45, 2.75) is 45.4 Å². The van der Waals surface area contributed by atoms with Crippen LogP contribution in [0.5, 0.6) is 0 Å². The highest BCUT2D eigenvalue weighted by molar-refractivity contribution is 5.12. The van der Waals surface area contributed by atoms with E-state index >= 15 is 0 Å². The molecule has 1 aromatic rings. The second-order valence-electron chi connectivity index (χ2n) is 5.60. The molecule has 0 radical (unpaired) electrons. The standard InChI is InChI=1S/C15H26N4O/c1-4-5-18-15(13-8-16-11-17-9-13)14-10-19(12(2)3)6-7-20-14/h8-9,11-12,14-15,18H,4-7,10H2,1-3H3. The number of nitrogens with zero attached hydrogens (tertiary/aromatic N) is 3. The molecule has 0 amide bonds. The summed E-state index contributed by atoms with van der Waals surface area (Å²) in [5.74, 6) is 0. The largest absolute Gasteiger partial charge is 0.374 e. The molecule has 1 N–H and O–H groups in total. The molecular formula is C15H26N4O. The van der Waals surface area contributed by atoms with E-state index < -0.39 is 0 Å². The summed E-state index contributed by atoms with van der Waals surface area (Å²) < 4.78 is 6.01. The number of hydrogen-bond acceptors (Lipinski definition) is 5. The Morgan fingerprint density at radius 1 is 1.40 bits per heavy atom. The third-order valence-electron chi connectivity index (χ3n) is 3.78. The molecule has 2 rings (SSSR count). The van der Waals surface area contributed by atoms with E-state index in [4.69, 9.17) is 4.74 Å². The Bertz CT molecular complexity index is 385. The monoisotopic (exact) mass is 278 g/mol. The average Bonchev–Trinajstić information content (AvgIpc) is 2.49. The fraction of sp³-hybridized carbons (Fsp3) is 0.733. The fourth-order valence-corrected chi connectivity index (χ4v) is 2.60. The predicted octanol–water partition coefficient (Wildman–Crippen LogP) is 1.63. The van der Waals surface area contributed by atoms with Gasteiger partial charge < -0.3 is 10.1 Å². The van der Waals surface area contributed by atoms with Crippen molar-refractivity contribution >= 4 is 0 Å². The van der Waals surface area contributed by atoms with Crippen LogP contribution in [0.2, 0.25) is 0 Å². The van der Waals surface area contributed by atoms with Gasteiger partial charge in [-0.1, -0.05) is 6.92 Å². The molecule has 1 aliphatic rings. The van der Waals surface area contributed by atoms with Gasteiger partial charge in [0.2, 0.25) is 0 Å². The summed E-state index contributed by atoms with van der Waals surface area (Å²) in [6.45, 7) is 10.4. The van der Waals surface area contributed by atoms with Crippen molar-refractivity contribution in [1.82, 2.24) is 20.2 Å². The van der Waals surface area contributed by atoms with Gasteiger partial charge in [0.1, 0.15) is 6.33 Å². The van der Waals surface area contributed by atoms with Crippen LogP contribution < -0.4 is 5.32 Å². The lowest BCUT2D eigenvalue weighted by atomic mass is 10.0. The maximum atomic E-state index is 6.01. The molecule has 0 saturated carbocycles. The smallest absolute Gasteiger partial charge is 0.115 e. The van der Waals surface area contributed by atoms with E-state index in [1.54, 1.807) is 6.33 Å². The first-order valence-electron chi connectivity index (χ1n) is 7.56. The third kappa shape index (κ3) is 3.98. The molecule has 0 aliphatic carbocycles. The first kappa shape index (κ1) is 15.4. The van der Waals surface area contributed by atoms with E-state index in [1.807, 2.05) is 12.4 Å². The van der Waals surface area contributed by atoms with Crippen molar-refractivity contribution < 1.29 is 4.74 Å². The third-order valence-corrected chi connectivity index (χ3v) is 3.78. The SMILES string of the molecule is CCCNC(c1cncnc1)C1CN(C(C)C)CCO1. The summed E-state index contributed by atoms with van der Waals surface area (Å²) in [5.41, 5.74) is 1.11. The topological polar surface area (TPSA) is 50.3 Å². The Hall–Kier alpha value is -1.04. The van der Waals surface area contributed by atoms with Crippen LogP contribution in [-0.4, -0.2) is 53.3 Å². The molecule has 0 spiro atoms. The van der Waals surface area contributed by atoms with E-state index in [1.165, 1.54) is 0 Å². The molecule has 5 nitrogen and oxygen atoms in total. The number of nitrogens with one attached hydrogen (secondary N) is 1. The van der Waals surface area contributed by atoms with Crippen LogP contribution in [0.1, 0.15) is 38.8 Å². The number of hydrogen-bond donors (Lipinski definition) is 1. The van der Waals surface area contributed by atoms with Crippen molar-refractivity contribution in [3.63, 3.8) is 0 Å². The minimum absolute atomic E-state index is 0.156. The number of aromatic nitrogens is 2. The number of rotatable bonds is 6. The van der Waals surface area contributed by atoms with Gasteiger partial charge in [-0.05, 0) is 26.8 Å². The molecule has 5 heteroatoms. The van der Waals surface area contributed by atoms with E-state index in [9.17, 15) is 0 Å². The van der Waals surface area contributed by atoms with Crippen LogP contribution >= 0.6 is 0 Å². The maximum Gasteiger partial charge on any atom is 0.115 e. The molecule has 0 aromatic carbocycles. The van der Waals surface area contributed by atoms with Gasteiger partial charge >= 0.3 is 0 Å². The highest BCUT2D eigenvalue weighted by atomic mass is 16.5. The van der Waals surface area contributed by atoms with Crippen molar-refractivity contribution in [2.24, 2.45) is 0 Å². The first-order valence-corrected chi connectivity index (χ1v) is 7.56. The molecule has 2 unspecified atom stereocenters. The predicted molar refractivity (Wildman–Crippen MR) is 79.5 cm³/mol. The zero-order valence-electron chi connectivity index (χ0n) is 12.7. The first-order chi connectivity index (χ1) is 9.72. The summed E-state index contributed by atoms with van der Waals surface area (Å²) in [6.07, 6.45) is 6.60. The molecule has 0 bridgehead atoms. The van der Waals surface area contributed by atoms with Crippen molar-refractivity contribution in [1.29, 1.82) is 0 Å². The van der Waals surface area contributed by atoms with Crippen LogP contribution in [0, 0.1) is 0 Å². The lowest BCUT2D eigenvalue weighted by Gasteiger charge is -2.39. The minimum atomic E-state index is 0.156. The Morgan fingerprint density at radius 2 is 2.15 bits per heavy atom. The van der Waals surface area contributed by atoms with Crippen LogP contribution in [0.25, 0.3) is 0 Å². The Morgan fingerprint density at radius 3 is 2.80 bits per heavy atom. The van der Waals surface area contributed by atoms with Crippen molar-refractivity contribution in [3.8, 4) is 0 Å². The Balaban J connectivity index is 2.09. The van der Waals surface area contributed by atoms with Gasteiger partial charge in [-0.3, -0.25) is 4.90 Å². The summed E-state index contributed by atoms with van der Waals surface area (Å²) in [4.78, 5) is 10.8. The Labute approximate surface area is 121 Å². The number of ether oxygens (including phenoxy) is 1. The molecule has 1 fully saturated rings. The van der Waals surface area contributed by atoms with E-state index in [0.29, 0.717) is 6.04 Å². The van der Waals surface area contributed by atoms with Gasteiger partial charge in [-0.15, -0.1) is 0 Å². The lowest BCUT2D eigenvalue weighted by molar-refractivity contribution is -0.0561. The van der Waals surface area contributed by atoms with E-state index in [0.717, 1.165) is 38.2 Å². The second kappa shape index (κ2) is 7.67. The normalized spacial score (nSPS) is 22.1. The lowest BCUT2D eigenvalue weighted by Crippen LogP contribution is -2.50. The van der Waals surface area contributed by atoms with E-state index in [2.05, 4.69) is 41.0 Å². The summed E-state index contributed by atoms with van der Waals surface area (Å²) in [5, 5.41) is 3.58. The van der Waals surface area contributed by atoms with Gasteiger partial charge in [0, 0.05) is 37.1 Å². The van der Waals surface area contributed by atoms with Gasteiger partial charge in [0.25, 0.3) is 0 Å². The summed E-state index contributed by atoms with van der Waals surface area (Å²) >= 11 is 0. The van der Waals surface area contributed by atoms with Gasteiger partial charge in [-0.2, -0.15) is 0 Å². The zero-order valence-corrected chi connectivity index (χ0v) is 12.7. The van der Waals surface area contributed by atoms with Crippen LogP contribution in [0.15, 0.2) is 18.7 Å². The fourth-order valence-electron chi connectivity index (χ4n) is 2.60. The van der Waals surface area contributed by atoms with Crippen LogP contribution in [0.4, 0.5) is 0 Å². The molecule has 1 aliphatic heterocycles. The maximum absolute atomic E-state index is 6.01. The average molecular weight is 278 g/mol. The van der Waals surface area contributed by atoms with E-state index in [-0.39, 0.29) is 12.1 Å². The molecule has 112 valence electrons. The highest BCUT2D eigenvalue weighted by Gasteiger charge is 2.30. The van der Waals surface area contributed by atoms with Gasteiger partial charge in [0.15, 0.2) is 0 Å². The zero-order chi connectivity index (χ0) is 14.4. The molecule has 2 atom stereocenters. The molecule has 20 heavy (non-hydrogen) atoms. The second-order valence-corrected chi connectivity index (χ2v) is 5.60. The minimum Gasteiger partial charge on any atom is -0.374 e.